The third-order valence-corrected chi connectivity index (χ3v) is 3.68. The number of nitrogens with zero attached hydrogens (tertiary/aromatic N) is 4. The summed E-state index contributed by atoms with van der Waals surface area (Å²) in [6.45, 7) is 1.56. The highest BCUT2D eigenvalue weighted by molar-refractivity contribution is 6.32. The monoisotopic (exact) mass is 374 g/mol. The minimum absolute atomic E-state index is 0.0294. The van der Waals surface area contributed by atoms with Crippen LogP contribution in [0.4, 0.5) is 5.69 Å². The van der Waals surface area contributed by atoms with E-state index in [-0.39, 0.29) is 28.2 Å². The Balaban J connectivity index is 1.73. The van der Waals surface area contributed by atoms with Crippen LogP contribution >= 0.6 is 11.6 Å². The molecule has 2 aromatic heterocycles. The van der Waals surface area contributed by atoms with Gasteiger partial charge in [0.1, 0.15) is 5.15 Å². The van der Waals surface area contributed by atoms with E-state index in [4.69, 9.17) is 20.8 Å². The lowest BCUT2D eigenvalue weighted by atomic mass is 10.2. The predicted octanol–water partition coefficient (Wildman–Crippen LogP) is 3.61. The SMILES string of the molecule is C[C@@H](OC(=O)c1cccnc1Cl)c1nnc(-c2ccc([N+](=O)[O-])cc2)o1. The van der Waals surface area contributed by atoms with Crippen molar-refractivity contribution in [2.75, 3.05) is 0 Å². The van der Waals surface area contributed by atoms with Crippen LogP contribution in [0.2, 0.25) is 5.15 Å². The molecule has 0 saturated carbocycles. The summed E-state index contributed by atoms with van der Waals surface area (Å²) in [5.74, 6) is -0.449. The predicted molar refractivity (Wildman–Crippen MR) is 89.5 cm³/mol. The molecule has 3 aromatic rings. The van der Waals surface area contributed by atoms with Gasteiger partial charge in [0, 0.05) is 23.9 Å². The molecule has 132 valence electrons. The van der Waals surface area contributed by atoms with Crippen molar-refractivity contribution in [3.63, 3.8) is 0 Å². The van der Waals surface area contributed by atoms with E-state index in [1.807, 2.05) is 0 Å². The van der Waals surface area contributed by atoms with Gasteiger partial charge in [-0.2, -0.15) is 0 Å². The maximum absolute atomic E-state index is 12.1. The largest absolute Gasteiger partial charge is 0.449 e. The molecule has 0 fully saturated rings. The summed E-state index contributed by atoms with van der Waals surface area (Å²) in [7, 11) is 0. The van der Waals surface area contributed by atoms with Crippen molar-refractivity contribution in [2.45, 2.75) is 13.0 Å². The minimum atomic E-state index is -0.821. The first-order chi connectivity index (χ1) is 12.5. The number of benzene rings is 1. The van der Waals surface area contributed by atoms with E-state index in [1.54, 1.807) is 13.0 Å². The van der Waals surface area contributed by atoms with Crippen molar-refractivity contribution >= 4 is 23.3 Å². The van der Waals surface area contributed by atoms with Gasteiger partial charge in [0.15, 0.2) is 6.10 Å². The molecular weight excluding hydrogens is 364 g/mol. The fourth-order valence-electron chi connectivity index (χ4n) is 2.05. The number of hydrogen-bond donors (Lipinski definition) is 0. The van der Waals surface area contributed by atoms with Crippen molar-refractivity contribution in [1.29, 1.82) is 0 Å². The molecule has 0 aliphatic rings. The van der Waals surface area contributed by atoms with Crippen LogP contribution in [0.5, 0.6) is 0 Å². The Bertz CT molecular complexity index is 957. The Kier molecular flexibility index (Phi) is 4.90. The highest BCUT2D eigenvalue weighted by atomic mass is 35.5. The number of rotatable bonds is 5. The van der Waals surface area contributed by atoms with Crippen LogP contribution in [0, 0.1) is 10.1 Å². The lowest BCUT2D eigenvalue weighted by Gasteiger charge is -2.09. The second-order valence-corrected chi connectivity index (χ2v) is 5.50. The van der Waals surface area contributed by atoms with Gasteiger partial charge >= 0.3 is 5.97 Å². The molecule has 26 heavy (non-hydrogen) atoms. The van der Waals surface area contributed by atoms with Gasteiger partial charge in [0.05, 0.1) is 10.5 Å². The second-order valence-electron chi connectivity index (χ2n) is 5.14. The van der Waals surface area contributed by atoms with Gasteiger partial charge in [-0.15, -0.1) is 10.2 Å². The standard InChI is InChI=1S/C16H11ClN4O5/c1-9(25-16(22)12-3-2-8-18-13(12)17)14-19-20-15(26-14)10-4-6-11(7-5-10)21(23)24/h2-9H,1H3/t9-/m1/s1. The number of nitro groups is 1. The van der Waals surface area contributed by atoms with Gasteiger partial charge in [-0.3, -0.25) is 10.1 Å². The molecule has 0 aliphatic heterocycles. The van der Waals surface area contributed by atoms with Gasteiger partial charge < -0.3 is 9.15 Å². The lowest BCUT2D eigenvalue weighted by Crippen LogP contribution is -2.10. The van der Waals surface area contributed by atoms with Crippen LogP contribution in [0.15, 0.2) is 47.0 Å². The number of aromatic nitrogens is 3. The summed E-state index contributed by atoms with van der Waals surface area (Å²) in [5, 5.41) is 18.4. The topological polar surface area (TPSA) is 121 Å². The zero-order valence-electron chi connectivity index (χ0n) is 13.3. The summed E-state index contributed by atoms with van der Waals surface area (Å²) < 4.78 is 10.7. The molecule has 1 aromatic carbocycles. The fraction of sp³-hybridized carbons (Fsp3) is 0.125. The number of ether oxygens (including phenoxy) is 1. The zero-order valence-corrected chi connectivity index (χ0v) is 14.1. The molecule has 0 bridgehead atoms. The Hall–Kier alpha value is -3.33. The number of pyridine rings is 1. The molecule has 9 nitrogen and oxygen atoms in total. The molecular formula is C16H11ClN4O5. The molecule has 0 amide bonds. The summed E-state index contributed by atoms with van der Waals surface area (Å²) in [6.07, 6.45) is 0.634. The van der Waals surface area contributed by atoms with Crippen molar-refractivity contribution in [3.05, 3.63) is 69.3 Å². The quantitative estimate of drug-likeness (QED) is 0.287. The van der Waals surface area contributed by atoms with Crippen molar-refractivity contribution < 1.29 is 18.9 Å². The summed E-state index contributed by atoms with van der Waals surface area (Å²) in [5.41, 5.74) is 0.573. The van der Waals surface area contributed by atoms with E-state index in [9.17, 15) is 14.9 Å². The molecule has 0 spiro atoms. The maximum atomic E-state index is 12.1. The molecule has 0 radical (unpaired) electrons. The van der Waals surface area contributed by atoms with E-state index in [1.165, 1.54) is 36.5 Å². The van der Waals surface area contributed by atoms with E-state index >= 15 is 0 Å². The van der Waals surface area contributed by atoms with Gasteiger partial charge in [0.25, 0.3) is 11.6 Å². The highest BCUT2D eigenvalue weighted by Crippen LogP contribution is 2.25. The van der Waals surface area contributed by atoms with Gasteiger partial charge in [0.2, 0.25) is 5.89 Å². The van der Waals surface area contributed by atoms with E-state index in [2.05, 4.69) is 15.2 Å². The van der Waals surface area contributed by atoms with Gasteiger partial charge in [-0.1, -0.05) is 11.6 Å². The van der Waals surface area contributed by atoms with Crippen molar-refractivity contribution in [3.8, 4) is 11.5 Å². The maximum Gasteiger partial charge on any atom is 0.342 e. The van der Waals surface area contributed by atoms with Crippen LogP contribution in [0.25, 0.3) is 11.5 Å². The minimum Gasteiger partial charge on any atom is -0.449 e. The van der Waals surface area contributed by atoms with E-state index in [0.29, 0.717) is 5.56 Å². The lowest BCUT2D eigenvalue weighted by molar-refractivity contribution is -0.384. The Morgan fingerprint density at radius 2 is 2.00 bits per heavy atom. The third kappa shape index (κ3) is 3.67. The smallest absolute Gasteiger partial charge is 0.342 e. The van der Waals surface area contributed by atoms with E-state index < -0.39 is 17.0 Å². The molecule has 2 heterocycles. The summed E-state index contributed by atoms with van der Waals surface area (Å²) in [6, 6.07) is 8.68. The zero-order chi connectivity index (χ0) is 18.7. The van der Waals surface area contributed by atoms with Crippen LogP contribution < -0.4 is 0 Å². The fourth-order valence-corrected chi connectivity index (χ4v) is 2.25. The first kappa shape index (κ1) is 17.5. The number of non-ortho nitro benzene ring substituents is 1. The number of carbonyl (C=O) groups excluding carboxylic acids is 1. The molecule has 10 heteroatoms. The van der Waals surface area contributed by atoms with Gasteiger partial charge in [-0.25, -0.2) is 9.78 Å². The van der Waals surface area contributed by atoms with Gasteiger partial charge in [-0.05, 0) is 31.2 Å². The molecule has 0 N–H and O–H groups in total. The average molecular weight is 375 g/mol. The Labute approximate surface area is 151 Å². The molecule has 3 rings (SSSR count). The number of nitro benzene ring substituents is 1. The molecule has 0 aliphatic carbocycles. The van der Waals surface area contributed by atoms with Crippen LogP contribution in [-0.2, 0) is 4.74 Å². The summed E-state index contributed by atoms with van der Waals surface area (Å²) >= 11 is 5.86. The molecule has 1 atom stereocenters. The summed E-state index contributed by atoms with van der Waals surface area (Å²) in [4.78, 5) is 26.1. The highest BCUT2D eigenvalue weighted by Gasteiger charge is 2.21. The Morgan fingerprint density at radius 3 is 2.65 bits per heavy atom. The van der Waals surface area contributed by atoms with E-state index in [0.717, 1.165) is 0 Å². The average Bonchev–Trinajstić information content (AvgIpc) is 3.12. The van der Waals surface area contributed by atoms with Crippen molar-refractivity contribution in [2.24, 2.45) is 0 Å². The first-order valence-corrected chi connectivity index (χ1v) is 7.73. The number of esters is 1. The van der Waals surface area contributed by atoms with Crippen LogP contribution in [0.1, 0.15) is 29.3 Å². The molecule has 0 saturated heterocycles. The normalized spacial score (nSPS) is 11.8. The van der Waals surface area contributed by atoms with Crippen LogP contribution in [-0.4, -0.2) is 26.1 Å². The number of halogens is 1. The number of carbonyl (C=O) groups is 1. The number of hydrogen-bond acceptors (Lipinski definition) is 8. The van der Waals surface area contributed by atoms with Crippen LogP contribution in [0.3, 0.4) is 0 Å². The first-order valence-electron chi connectivity index (χ1n) is 7.35. The second kappa shape index (κ2) is 7.28. The third-order valence-electron chi connectivity index (χ3n) is 3.38. The Morgan fingerprint density at radius 1 is 1.27 bits per heavy atom. The molecule has 0 unspecified atom stereocenters. The van der Waals surface area contributed by atoms with Crippen molar-refractivity contribution in [1.82, 2.24) is 15.2 Å².